The first-order valence-electron chi connectivity index (χ1n) is 9.36. The van der Waals surface area contributed by atoms with Gasteiger partial charge in [0.2, 0.25) is 0 Å². The third kappa shape index (κ3) is 3.09. The van der Waals surface area contributed by atoms with E-state index in [4.69, 9.17) is 9.47 Å². The first kappa shape index (κ1) is 18.1. The van der Waals surface area contributed by atoms with Crippen molar-refractivity contribution in [1.29, 1.82) is 0 Å². The molecule has 3 aliphatic rings. The zero-order valence-corrected chi connectivity index (χ0v) is 15.7. The van der Waals surface area contributed by atoms with Crippen LogP contribution >= 0.6 is 0 Å². The normalized spacial score (nSPS) is 48.8. The van der Waals surface area contributed by atoms with E-state index in [9.17, 15) is 9.90 Å². The monoisotopic (exact) mass is 336 g/mol. The molecule has 3 heterocycles. The van der Waals surface area contributed by atoms with Gasteiger partial charge in [0.25, 0.3) is 0 Å². The van der Waals surface area contributed by atoms with Crippen LogP contribution in [0, 0.1) is 5.92 Å². The molecule has 0 aliphatic carbocycles. The Bertz CT molecular complexity index is 554. The molecule has 136 valence electrons. The lowest BCUT2D eigenvalue weighted by Gasteiger charge is -2.38. The maximum absolute atomic E-state index is 12.4. The van der Waals surface area contributed by atoms with Crippen LogP contribution in [-0.4, -0.2) is 39.9 Å². The van der Waals surface area contributed by atoms with Crippen LogP contribution in [0.25, 0.3) is 0 Å². The number of aliphatic hydroxyl groups excluding tert-OH is 1. The fraction of sp³-hybridized carbons (Fsp3) is 0.850. The highest BCUT2D eigenvalue weighted by molar-refractivity contribution is 5.95. The quantitative estimate of drug-likeness (QED) is 0.744. The zero-order chi connectivity index (χ0) is 17.8. The molecule has 0 aromatic carbocycles. The number of hydrogen-bond acceptors (Lipinski definition) is 4. The number of ether oxygens (including phenoxy) is 2. The summed E-state index contributed by atoms with van der Waals surface area (Å²) in [6.07, 6.45) is 5.93. The Morgan fingerprint density at radius 2 is 1.92 bits per heavy atom. The number of epoxide rings is 1. The summed E-state index contributed by atoms with van der Waals surface area (Å²) in [7, 11) is 0. The van der Waals surface area contributed by atoms with Crippen LogP contribution in [0.4, 0.5) is 0 Å². The Morgan fingerprint density at radius 1 is 1.21 bits per heavy atom. The summed E-state index contributed by atoms with van der Waals surface area (Å²) in [5.41, 5.74) is -0.278. The maximum Gasteiger partial charge on any atom is 0.160 e. The van der Waals surface area contributed by atoms with E-state index in [1.54, 1.807) is 0 Å². The summed E-state index contributed by atoms with van der Waals surface area (Å²) in [5.74, 6) is 0.368. The molecule has 4 nitrogen and oxygen atoms in total. The molecule has 4 heteroatoms. The molecular formula is C20H32O4. The lowest BCUT2D eigenvalue weighted by atomic mass is 9.80. The van der Waals surface area contributed by atoms with E-state index in [1.807, 2.05) is 19.9 Å². The molecule has 2 saturated heterocycles. The van der Waals surface area contributed by atoms with Crippen molar-refractivity contribution >= 4 is 5.78 Å². The van der Waals surface area contributed by atoms with Crippen molar-refractivity contribution in [2.45, 2.75) is 102 Å². The molecule has 24 heavy (non-hydrogen) atoms. The fourth-order valence-corrected chi connectivity index (χ4v) is 4.37. The molecule has 3 aliphatic heterocycles. The summed E-state index contributed by atoms with van der Waals surface area (Å²) in [6.45, 7) is 10.3. The highest BCUT2D eigenvalue weighted by Crippen LogP contribution is 2.53. The van der Waals surface area contributed by atoms with Gasteiger partial charge in [-0.1, -0.05) is 19.9 Å². The minimum absolute atomic E-state index is 0.0204. The highest BCUT2D eigenvalue weighted by Gasteiger charge is 2.59. The maximum atomic E-state index is 12.4. The second kappa shape index (κ2) is 5.93. The van der Waals surface area contributed by atoms with Gasteiger partial charge in [-0.25, -0.2) is 0 Å². The zero-order valence-electron chi connectivity index (χ0n) is 15.7. The Morgan fingerprint density at radius 3 is 2.58 bits per heavy atom. The number of carbonyl (C=O) groups excluding carboxylic acids is 1. The Kier molecular flexibility index (Phi) is 4.47. The van der Waals surface area contributed by atoms with Crippen LogP contribution in [0.2, 0.25) is 0 Å². The van der Waals surface area contributed by atoms with Gasteiger partial charge in [0.15, 0.2) is 5.78 Å². The molecule has 2 bridgehead atoms. The third-order valence-corrected chi connectivity index (χ3v) is 6.71. The molecule has 0 unspecified atom stereocenters. The van der Waals surface area contributed by atoms with Gasteiger partial charge < -0.3 is 14.6 Å². The number of fused-ring (bicyclic) bond motifs is 3. The average molecular weight is 336 g/mol. The SMILES string of the molecule is C/C1=C\CC[C@]2(C)O[C@H]2C[C@]2(C(C)C)CC[C@@](C)(O2)[C@H](O)CC1=O. The van der Waals surface area contributed by atoms with E-state index in [-0.39, 0.29) is 29.5 Å². The number of allylic oxidation sites excluding steroid dienone is 2. The summed E-state index contributed by atoms with van der Waals surface area (Å²) < 4.78 is 12.6. The van der Waals surface area contributed by atoms with Gasteiger partial charge in [0, 0.05) is 12.8 Å². The first-order valence-corrected chi connectivity index (χ1v) is 9.36. The lowest BCUT2D eigenvalue weighted by Crippen LogP contribution is -2.46. The van der Waals surface area contributed by atoms with Crippen molar-refractivity contribution in [3.63, 3.8) is 0 Å². The summed E-state index contributed by atoms with van der Waals surface area (Å²) in [6, 6.07) is 0. The molecule has 1 N–H and O–H groups in total. The number of aliphatic hydroxyl groups is 1. The van der Waals surface area contributed by atoms with Crippen molar-refractivity contribution in [3.05, 3.63) is 11.6 Å². The van der Waals surface area contributed by atoms with Crippen molar-refractivity contribution < 1.29 is 19.4 Å². The van der Waals surface area contributed by atoms with Crippen LogP contribution in [0.15, 0.2) is 11.6 Å². The van der Waals surface area contributed by atoms with Gasteiger partial charge in [-0.15, -0.1) is 0 Å². The predicted molar refractivity (Wildman–Crippen MR) is 92.8 cm³/mol. The highest BCUT2D eigenvalue weighted by atomic mass is 16.6. The van der Waals surface area contributed by atoms with Gasteiger partial charge >= 0.3 is 0 Å². The van der Waals surface area contributed by atoms with Crippen LogP contribution < -0.4 is 0 Å². The Hall–Kier alpha value is -0.710. The van der Waals surface area contributed by atoms with E-state index >= 15 is 0 Å². The summed E-state index contributed by atoms with van der Waals surface area (Å²) >= 11 is 0. The second-order valence-corrected chi connectivity index (χ2v) is 8.83. The van der Waals surface area contributed by atoms with E-state index in [1.165, 1.54) is 0 Å². The Balaban J connectivity index is 1.90. The van der Waals surface area contributed by atoms with Crippen LogP contribution in [0.1, 0.15) is 73.1 Å². The fourth-order valence-electron chi connectivity index (χ4n) is 4.37. The molecule has 2 fully saturated rings. The number of Topliss-reactive ketones (excluding diaryl/α,β-unsaturated/α-hetero) is 1. The molecule has 0 amide bonds. The van der Waals surface area contributed by atoms with Crippen molar-refractivity contribution in [1.82, 2.24) is 0 Å². The summed E-state index contributed by atoms with van der Waals surface area (Å²) in [5, 5.41) is 10.7. The average Bonchev–Trinajstić information content (AvgIpc) is 2.96. The molecule has 0 spiro atoms. The Labute approximate surface area is 145 Å². The minimum Gasteiger partial charge on any atom is -0.390 e. The second-order valence-electron chi connectivity index (χ2n) is 8.83. The molecule has 5 atom stereocenters. The summed E-state index contributed by atoms with van der Waals surface area (Å²) in [4.78, 5) is 12.4. The van der Waals surface area contributed by atoms with Crippen molar-refractivity contribution in [3.8, 4) is 0 Å². The van der Waals surface area contributed by atoms with Crippen LogP contribution in [-0.2, 0) is 14.3 Å². The van der Waals surface area contributed by atoms with Gasteiger partial charge in [-0.2, -0.15) is 0 Å². The lowest BCUT2D eigenvalue weighted by molar-refractivity contribution is -0.169. The topological polar surface area (TPSA) is 59.1 Å². The van der Waals surface area contributed by atoms with E-state index in [0.717, 1.165) is 37.7 Å². The number of rotatable bonds is 1. The van der Waals surface area contributed by atoms with Crippen molar-refractivity contribution in [2.24, 2.45) is 5.92 Å². The van der Waals surface area contributed by atoms with Gasteiger partial charge in [-0.05, 0) is 57.9 Å². The smallest absolute Gasteiger partial charge is 0.160 e. The largest absolute Gasteiger partial charge is 0.390 e. The van der Waals surface area contributed by atoms with E-state index in [0.29, 0.717) is 5.92 Å². The van der Waals surface area contributed by atoms with Crippen LogP contribution in [0.5, 0.6) is 0 Å². The number of ketones is 1. The van der Waals surface area contributed by atoms with Gasteiger partial charge in [0.1, 0.15) is 0 Å². The molecule has 0 radical (unpaired) electrons. The third-order valence-electron chi connectivity index (χ3n) is 6.71. The first-order chi connectivity index (χ1) is 11.1. The molecule has 0 saturated carbocycles. The molecule has 0 aromatic rings. The molecular weight excluding hydrogens is 304 g/mol. The number of hydrogen-bond donors (Lipinski definition) is 1. The predicted octanol–water partition coefficient (Wildman–Crippen LogP) is 3.56. The minimum atomic E-state index is -0.763. The number of carbonyl (C=O) groups is 1. The van der Waals surface area contributed by atoms with E-state index < -0.39 is 11.7 Å². The van der Waals surface area contributed by atoms with E-state index in [2.05, 4.69) is 20.8 Å². The standard InChI is InChI=1S/C20H32O4/c1-13(2)20-10-9-18(4,24-20)16(22)11-15(21)14(3)7-6-8-19(5)17(12-20)23-19/h7,13,16-17,22H,6,8-12H2,1-5H3/b14-7+/t16-,17+,18-,19+,20+/m1/s1. The molecule has 3 rings (SSSR count). The van der Waals surface area contributed by atoms with Crippen LogP contribution in [0.3, 0.4) is 0 Å². The van der Waals surface area contributed by atoms with Gasteiger partial charge in [-0.3, -0.25) is 4.79 Å². The molecule has 0 aromatic heterocycles. The van der Waals surface area contributed by atoms with Gasteiger partial charge in [0.05, 0.1) is 29.0 Å². The van der Waals surface area contributed by atoms with Crippen molar-refractivity contribution in [2.75, 3.05) is 0 Å².